The number of hydrogen-bond donors (Lipinski definition) is 2. The molecule has 0 saturated carbocycles. The average Bonchev–Trinajstić information content (AvgIpc) is 2.86. The van der Waals surface area contributed by atoms with Crippen LogP contribution in [0, 0.1) is 11.6 Å². The minimum Gasteiger partial charge on any atom is -0.348 e. The molecule has 1 unspecified atom stereocenters. The molecule has 0 radical (unpaired) electrons. The molecule has 1 aromatic rings. The molecular weight excluding hydrogens is 238 g/mol. The van der Waals surface area contributed by atoms with Gasteiger partial charge in [-0.25, -0.2) is 8.78 Å². The average molecular weight is 254 g/mol. The summed E-state index contributed by atoms with van der Waals surface area (Å²) in [5.74, 6) is -1.87. The van der Waals surface area contributed by atoms with Crippen molar-refractivity contribution in [1.82, 2.24) is 10.6 Å². The van der Waals surface area contributed by atoms with Crippen LogP contribution in [0.1, 0.15) is 31.4 Å². The molecule has 1 fully saturated rings. The Bertz CT molecular complexity index is 445. The fourth-order valence-electron chi connectivity index (χ4n) is 2.09. The van der Waals surface area contributed by atoms with Gasteiger partial charge in [-0.15, -0.1) is 0 Å². The highest BCUT2D eigenvalue weighted by Crippen LogP contribution is 2.16. The molecule has 0 aliphatic carbocycles. The summed E-state index contributed by atoms with van der Waals surface area (Å²) in [4.78, 5) is 11.8. The summed E-state index contributed by atoms with van der Waals surface area (Å²) in [6.45, 7) is 2.59. The molecule has 3 nitrogen and oxygen atoms in total. The summed E-state index contributed by atoms with van der Waals surface area (Å²) < 4.78 is 25.9. The highest BCUT2D eigenvalue weighted by Gasteiger charge is 2.23. The molecule has 5 heteroatoms. The van der Waals surface area contributed by atoms with Gasteiger partial charge in [-0.05, 0) is 44.0 Å². The van der Waals surface area contributed by atoms with Crippen LogP contribution >= 0.6 is 0 Å². The van der Waals surface area contributed by atoms with E-state index in [0.29, 0.717) is 5.56 Å². The zero-order valence-corrected chi connectivity index (χ0v) is 10.2. The summed E-state index contributed by atoms with van der Waals surface area (Å²) in [6, 6.07) is 3.15. The number of rotatable bonds is 3. The van der Waals surface area contributed by atoms with Crippen LogP contribution in [0.2, 0.25) is 0 Å². The van der Waals surface area contributed by atoms with Gasteiger partial charge in [0.1, 0.15) is 0 Å². The molecule has 1 amide bonds. The van der Waals surface area contributed by atoms with E-state index in [2.05, 4.69) is 10.6 Å². The number of hydrogen-bond acceptors (Lipinski definition) is 2. The first-order valence-electron chi connectivity index (χ1n) is 6.06. The zero-order valence-electron chi connectivity index (χ0n) is 10.2. The van der Waals surface area contributed by atoms with Crippen LogP contribution in [0.15, 0.2) is 18.2 Å². The van der Waals surface area contributed by atoms with Crippen molar-refractivity contribution >= 4 is 5.91 Å². The fraction of sp³-hybridized carbons (Fsp3) is 0.462. The lowest BCUT2D eigenvalue weighted by Gasteiger charge is -2.17. The second kappa shape index (κ2) is 5.44. The standard InChI is InChI=1S/C13H16F2N2O/c1-8(9-4-5-10(14)11(15)7-9)17-13(18)12-3-2-6-16-12/h4-5,7-8,12,16H,2-3,6H2,1H3,(H,17,18)/t8?,12-/m0/s1. The Morgan fingerprint density at radius 2 is 2.22 bits per heavy atom. The predicted octanol–water partition coefficient (Wildman–Crippen LogP) is 1.89. The van der Waals surface area contributed by atoms with Gasteiger partial charge < -0.3 is 10.6 Å². The van der Waals surface area contributed by atoms with Crippen LogP contribution in [-0.4, -0.2) is 18.5 Å². The summed E-state index contributed by atoms with van der Waals surface area (Å²) in [6.07, 6.45) is 1.80. The van der Waals surface area contributed by atoms with Crippen LogP contribution < -0.4 is 10.6 Å². The Hall–Kier alpha value is -1.49. The molecule has 1 aliphatic rings. The summed E-state index contributed by atoms with van der Waals surface area (Å²) in [7, 11) is 0. The topological polar surface area (TPSA) is 41.1 Å². The van der Waals surface area contributed by atoms with Crippen LogP contribution in [-0.2, 0) is 4.79 Å². The van der Waals surface area contributed by atoms with Crippen molar-refractivity contribution in [2.24, 2.45) is 0 Å². The number of nitrogens with one attached hydrogen (secondary N) is 2. The maximum absolute atomic E-state index is 13.1. The summed E-state index contributed by atoms with van der Waals surface area (Å²) >= 11 is 0. The lowest BCUT2D eigenvalue weighted by molar-refractivity contribution is -0.123. The van der Waals surface area contributed by atoms with Gasteiger partial charge in [0.15, 0.2) is 11.6 Å². The Kier molecular flexibility index (Phi) is 3.91. The Morgan fingerprint density at radius 3 is 2.83 bits per heavy atom. The highest BCUT2D eigenvalue weighted by molar-refractivity contribution is 5.82. The Morgan fingerprint density at radius 1 is 1.44 bits per heavy atom. The summed E-state index contributed by atoms with van der Waals surface area (Å²) in [5.41, 5.74) is 0.556. The highest BCUT2D eigenvalue weighted by atomic mass is 19.2. The maximum atomic E-state index is 13.1. The van der Waals surface area contributed by atoms with E-state index in [1.807, 2.05) is 0 Å². The molecule has 0 aromatic heterocycles. The van der Waals surface area contributed by atoms with Gasteiger partial charge in [0, 0.05) is 0 Å². The molecule has 2 atom stereocenters. The van der Waals surface area contributed by atoms with E-state index in [0.717, 1.165) is 31.5 Å². The zero-order chi connectivity index (χ0) is 13.1. The van der Waals surface area contributed by atoms with Crippen molar-refractivity contribution in [3.63, 3.8) is 0 Å². The molecule has 1 saturated heterocycles. The van der Waals surface area contributed by atoms with Gasteiger partial charge in [-0.3, -0.25) is 4.79 Å². The van der Waals surface area contributed by atoms with E-state index >= 15 is 0 Å². The molecule has 2 N–H and O–H groups in total. The van der Waals surface area contributed by atoms with Gasteiger partial charge in [0.2, 0.25) is 5.91 Å². The van der Waals surface area contributed by atoms with Gasteiger partial charge in [0.25, 0.3) is 0 Å². The first-order chi connectivity index (χ1) is 8.58. The van der Waals surface area contributed by atoms with Crippen LogP contribution in [0.5, 0.6) is 0 Å². The van der Waals surface area contributed by atoms with Crippen molar-refractivity contribution in [1.29, 1.82) is 0 Å². The molecule has 0 spiro atoms. The van der Waals surface area contributed by atoms with Crippen molar-refractivity contribution in [3.05, 3.63) is 35.4 Å². The van der Waals surface area contributed by atoms with Gasteiger partial charge >= 0.3 is 0 Å². The second-order valence-corrected chi connectivity index (χ2v) is 4.55. The van der Waals surface area contributed by atoms with Gasteiger partial charge in [0.05, 0.1) is 12.1 Å². The molecule has 18 heavy (non-hydrogen) atoms. The number of carbonyl (C=O) groups excluding carboxylic acids is 1. The third kappa shape index (κ3) is 2.85. The number of halogens is 2. The lowest BCUT2D eigenvalue weighted by atomic mass is 10.1. The van der Waals surface area contributed by atoms with Crippen LogP contribution in [0.3, 0.4) is 0 Å². The summed E-state index contributed by atoms with van der Waals surface area (Å²) in [5, 5.41) is 5.88. The largest absolute Gasteiger partial charge is 0.348 e. The van der Waals surface area contributed by atoms with Crippen LogP contribution in [0.4, 0.5) is 8.78 Å². The number of carbonyl (C=O) groups is 1. The SMILES string of the molecule is CC(NC(=O)[C@@H]1CCCN1)c1ccc(F)c(F)c1. The molecule has 1 aromatic carbocycles. The first-order valence-corrected chi connectivity index (χ1v) is 6.06. The third-order valence-electron chi connectivity index (χ3n) is 3.18. The fourth-order valence-corrected chi connectivity index (χ4v) is 2.09. The van der Waals surface area contributed by atoms with E-state index in [4.69, 9.17) is 0 Å². The predicted molar refractivity (Wildman–Crippen MR) is 63.9 cm³/mol. The number of benzene rings is 1. The van der Waals surface area contributed by atoms with E-state index in [1.165, 1.54) is 6.07 Å². The Labute approximate surface area is 105 Å². The van der Waals surface area contributed by atoms with Crippen molar-refractivity contribution in [2.45, 2.75) is 31.8 Å². The minimum absolute atomic E-state index is 0.0928. The molecule has 98 valence electrons. The minimum atomic E-state index is -0.896. The normalized spacial score (nSPS) is 20.7. The molecular formula is C13H16F2N2O. The molecule has 1 aliphatic heterocycles. The quantitative estimate of drug-likeness (QED) is 0.865. The molecule has 2 rings (SSSR count). The lowest BCUT2D eigenvalue weighted by Crippen LogP contribution is -2.41. The van der Waals surface area contributed by atoms with E-state index in [-0.39, 0.29) is 18.0 Å². The Balaban J connectivity index is 2.00. The third-order valence-corrected chi connectivity index (χ3v) is 3.18. The van der Waals surface area contributed by atoms with E-state index < -0.39 is 11.6 Å². The smallest absolute Gasteiger partial charge is 0.237 e. The monoisotopic (exact) mass is 254 g/mol. The van der Waals surface area contributed by atoms with Crippen molar-refractivity contribution in [3.8, 4) is 0 Å². The van der Waals surface area contributed by atoms with E-state index in [1.54, 1.807) is 6.92 Å². The van der Waals surface area contributed by atoms with Gasteiger partial charge in [-0.1, -0.05) is 6.07 Å². The second-order valence-electron chi connectivity index (χ2n) is 4.55. The molecule has 1 heterocycles. The van der Waals surface area contributed by atoms with E-state index in [9.17, 15) is 13.6 Å². The van der Waals surface area contributed by atoms with Crippen molar-refractivity contribution < 1.29 is 13.6 Å². The first kappa shape index (κ1) is 13.0. The molecule has 0 bridgehead atoms. The maximum Gasteiger partial charge on any atom is 0.237 e. The van der Waals surface area contributed by atoms with Gasteiger partial charge in [-0.2, -0.15) is 0 Å². The number of amides is 1. The van der Waals surface area contributed by atoms with Crippen molar-refractivity contribution in [2.75, 3.05) is 6.54 Å². The van der Waals surface area contributed by atoms with Crippen LogP contribution in [0.25, 0.3) is 0 Å².